The molecule has 1 aliphatic rings. The van der Waals surface area contributed by atoms with Crippen molar-refractivity contribution >= 4 is 30.8 Å². The molecule has 0 fully saturated rings. The molecule has 0 saturated carbocycles. The molecule has 0 aromatic carbocycles. The average Bonchev–Trinajstić information content (AvgIpc) is 2.30. The molecule has 104 valence electrons. The van der Waals surface area contributed by atoms with E-state index in [9.17, 15) is 4.79 Å². The molecule has 1 aliphatic carbocycles. The SMILES string of the molecule is C=CC(=O)O.CC1=[C-]C(C)(C)C(C)=C1C.Cl.Cl.[Ti]. The summed E-state index contributed by atoms with van der Waals surface area (Å²) in [5.41, 5.74) is 4.39. The number of carboxylic acid groups (broad SMARTS) is 1. The van der Waals surface area contributed by atoms with Crippen molar-refractivity contribution in [3.05, 3.63) is 35.5 Å². The van der Waals surface area contributed by atoms with Crippen molar-refractivity contribution in [2.24, 2.45) is 5.41 Å². The van der Waals surface area contributed by atoms with E-state index in [0.717, 1.165) is 6.08 Å². The largest absolute Gasteiger partial charge is 0.478 e. The number of carbonyl (C=O) groups is 1. The van der Waals surface area contributed by atoms with Gasteiger partial charge in [-0.1, -0.05) is 39.7 Å². The van der Waals surface area contributed by atoms with Gasteiger partial charge in [-0.15, -0.1) is 31.7 Å². The van der Waals surface area contributed by atoms with E-state index in [1.807, 2.05) is 0 Å². The summed E-state index contributed by atoms with van der Waals surface area (Å²) in [4.78, 5) is 9.25. The van der Waals surface area contributed by atoms with Crippen LogP contribution < -0.4 is 0 Å². The summed E-state index contributed by atoms with van der Waals surface area (Å²) in [5.74, 6) is -0.981. The number of allylic oxidation sites excluding steroid dienone is 4. The van der Waals surface area contributed by atoms with Crippen LogP contribution in [0.4, 0.5) is 0 Å². The van der Waals surface area contributed by atoms with Gasteiger partial charge in [0.25, 0.3) is 0 Å². The standard InChI is InChI=1S/C10H15.C3H4O2.2ClH.Ti/c1-7-6-10(4,5)9(3)8(7)2;1-2-3(4)5;;;/h1-5H3;2H,1H2,(H,4,5);2*1H;/q-1;;;;. The average molecular weight is 328 g/mol. The van der Waals surface area contributed by atoms with E-state index in [2.05, 4.69) is 47.3 Å². The van der Waals surface area contributed by atoms with Gasteiger partial charge in [-0.05, 0) is 0 Å². The Hall–Kier alpha value is -0.0157. The zero-order chi connectivity index (χ0) is 12.2. The molecule has 0 aromatic heterocycles. The minimum absolute atomic E-state index is 0. The smallest absolute Gasteiger partial charge is 0.327 e. The molecule has 0 aliphatic heterocycles. The van der Waals surface area contributed by atoms with Crippen molar-refractivity contribution < 1.29 is 31.6 Å². The quantitative estimate of drug-likeness (QED) is 0.445. The fourth-order valence-corrected chi connectivity index (χ4v) is 1.41. The second kappa shape index (κ2) is 10.9. The van der Waals surface area contributed by atoms with Gasteiger partial charge >= 0.3 is 5.97 Å². The van der Waals surface area contributed by atoms with Gasteiger partial charge in [0.1, 0.15) is 0 Å². The van der Waals surface area contributed by atoms with E-state index >= 15 is 0 Å². The van der Waals surface area contributed by atoms with Gasteiger partial charge < -0.3 is 5.11 Å². The summed E-state index contributed by atoms with van der Waals surface area (Å²) >= 11 is 0. The third kappa shape index (κ3) is 8.15. The second-order valence-electron chi connectivity index (χ2n) is 4.17. The first-order valence-electron chi connectivity index (χ1n) is 4.87. The van der Waals surface area contributed by atoms with Gasteiger partial charge in [0.2, 0.25) is 0 Å². The maximum absolute atomic E-state index is 9.25. The number of halogens is 2. The maximum atomic E-state index is 9.25. The molecule has 2 nitrogen and oxygen atoms in total. The topological polar surface area (TPSA) is 37.3 Å². The van der Waals surface area contributed by atoms with Crippen molar-refractivity contribution in [1.29, 1.82) is 0 Å². The predicted octanol–water partition coefficient (Wildman–Crippen LogP) is 4.21. The van der Waals surface area contributed by atoms with Gasteiger partial charge in [-0.25, -0.2) is 10.4 Å². The van der Waals surface area contributed by atoms with Crippen LogP contribution in [0.2, 0.25) is 0 Å². The molecule has 18 heavy (non-hydrogen) atoms. The molecule has 0 saturated heterocycles. The van der Waals surface area contributed by atoms with Gasteiger partial charge in [-0.2, -0.15) is 11.1 Å². The molecular formula is C13H21Cl2O2Ti-. The number of carboxylic acids is 1. The number of aliphatic carboxylic acids is 1. The summed E-state index contributed by atoms with van der Waals surface area (Å²) in [7, 11) is 0. The van der Waals surface area contributed by atoms with E-state index in [4.69, 9.17) is 5.11 Å². The van der Waals surface area contributed by atoms with Crippen LogP contribution in [0, 0.1) is 11.5 Å². The molecule has 5 heteroatoms. The Balaban J connectivity index is -0.000000109. The molecule has 0 unspecified atom stereocenters. The van der Waals surface area contributed by atoms with Crippen LogP contribution >= 0.6 is 24.8 Å². The fraction of sp³-hybridized carbons (Fsp3) is 0.462. The van der Waals surface area contributed by atoms with Crippen molar-refractivity contribution in [2.45, 2.75) is 34.6 Å². The van der Waals surface area contributed by atoms with E-state index in [1.165, 1.54) is 16.7 Å². The minimum atomic E-state index is -0.981. The minimum Gasteiger partial charge on any atom is -0.478 e. The first-order valence-corrected chi connectivity index (χ1v) is 4.87. The van der Waals surface area contributed by atoms with Crippen LogP contribution in [0.3, 0.4) is 0 Å². The maximum Gasteiger partial charge on any atom is 0.327 e. The Kier molecular flexibility index (Phi) is 16.0. The van der Waals surface area contributed by atoms with E-state index < -0.39 is 5.97 Å². The molecule has 0 spiro atoms. The molecule has 0 radical (unpaired) electrons. The molecule has 0 atom stereocenters. The predicted molar refractivity (Wildman–Crippen MR) is 76.9 cm³/mol. The van der Waals surface area contributed by atoms with Crippen LogP contribution in [-0.2, 0) is 26.5 Å². The summed E-state index contributed by atoms with van der Waals surface area (Å²) < 4.78 is 0. The number of rotatable bonds is 1. The molecule has 0 heterocycles. The van der Waals surface area contributed by atoms with Crippen molar-refractivity contribution in [2.75, 3.05) is 0 Å². The number of hydrogen-bond donors (Lipinski definition) is 1. The molecular weight excluding hydrogens is 307 g/mol. The Bertz CT molecular complexity index is 345. The van der Waals surface area contributed by atoms with Gasteiger partial charge in [0.15, 0.2) is 0 Å². The van der Waals surface area contributed by atoms with Crippen LogP contribution in [0.25, 0.3) is 0 Å². The summed E-state index contributed by atoms with van der Waals surface area (Å²) in [6, 6.07) is 0. The van der Waals surface area contributed by atoms with Crippen LogP contribution in [0.1, 0.15) is 34.6 Å². The Morgan fingerprint density at radius 2 is 1.61 bits per heavy atom. The molecule has 0 amide bonds. The van der Waals surface area contributed by atoms with Crippen molar-refractivity contribution in [1.82, 2.24) is 0 Å². The van der Waals surface area contributed by atoms with Crippen LogP contribution in [-0.4, -0.2) is 11.1 Å². The van der Waals surface area contributed by atoms with Crippen molar-refractivity contribution in [3.63, 3.8) is 0 Å². The number of hydrogen-bond acceptors (Lipinski definition) is 1. The Labute approximate surface area is 137 Å². The third-order valence-electron chi connectivity index (χ3n) is 2.74. The summed E-state index contributed by atoms with van der Waals surface area (Å²) in [6.07, 6.45) is 4.27. The van der Waals surface area contributed by atoms with Gasteiger partial charge in [0.05, 0.1) is 0 Å². The zero-order valence-electron chi connectivity index (χ0n) is 11.5. The first kappa shape index (κ1) is 26.5. The van der Waals surface area contributed by atoms with E-state index in [0.29, 0.717) is 0 Å². The summed E-state index contributed by atoms with van der Waals surface area (Å²) in [6.45, 7) is 13.9. The Morgan fingerprint density at radius 3 is 1.67 bits per heavy atom. The normalized spacial score (nSPS) is 14.8. The third-order valence-corrected chi connectivity index (χ3v) is 2.74. The van der Waals surface area contributed by atoms with Crippen LogP contribution in [0.15, 0.2) is 29.4 Å². The van der Waals surface area contributed by atoms with Gasteiger partial charge in [-0.3, -0.25) is 6.08 Å². The monoisotopic (exact) mass is 327 g/mol. The van der Waals surface area contributed by atoms with Crippen LogP contribution in [0.5, 0.6) is 0 Å². The Morgan fingerprint density at radius 1 is 1.28 bits per heavy atom. The van der Waals surface area contributed by atoms with Crippen molar-refractivity contribution in [3.8, 4) is 0 Å². The fourth-order valence-electron chi connectivity index (χ4n) is 1.41. The summed E-state index contributed by atoms with van der Waals surface area (Å²) in [5, 5.41) is 7.60. The molecule has 1 N–H and O–H groups in total. The van der Waals surface area contributed by atoms with E-state index in [1.54, 1.807) is 0 Å². The first-order chi connectivity index (χ1) is 6.72. The van der Waals surface area contributed by atoms with Gasteiger partial charge in [0, 0.05) is 27.8 Å². The molecule has 1 rings (SSSR count). The second-order valence-corrected chi connectivity index (χ2v) is 4.17. The van der Waals surface area contributed by atoms with E-state index in [-0.39, 0.29) is 51.9 Å². The molecule has 0 bridgehead atoms. The zero-order valence-corrected chi connectivity index (χ0v) is 14.7. The molecule has 0 aromatic rings.